The first-order valence-corrected chi connectivity index (χ1v) is 11.0. The van der Waals surface area contributed by atoms with Crippen LogP contribution >= 0.6 is 0 Å². The molecule has 1 aromatic carbocycles. The molecule has 0 fully saturated rings. The summed E-state index contributed by atoms with van der Waals surface area (Å²) in [5.41, 5.74) is 3.95. The highest BCUT2D eigenvalue weighted by molar-refractivity contribution is 5.88. The predicted octanol–water partition coefficient (Wildman–Crippen LogP) is 4.23. The molecular weight excluding hydrogens is 434 g/mol. The third-order valence-corrected chi connectivity index (χ3v) is 5.46. The van der Waals surface area contributed by atoms with Crippen LogP contribution in [0.1, 0.15) is 17.7 Å². The van der Waals surface area contributed by atoms with Crippen molar-refractivity contribution in [3.63, 3.8) is 0 Å². The zero-order valence-corrected chi connectivity index (χ0v) is 19.4. The van der Waals surface area contributed by atoms with Gasteiger partial charge in [0.25, 0.3) is 0 Å². The minimum absolute atomic E-state index is 0.224. The number of aromatic nitrogens is 3. The van der Waals surface area contributed by atoms with Gasteiger partial charge >= 0.3 is 0 Å². The summed E-state index contributed by atoms with van der Waals surface area (Å²) in [6.07, 6.45) is 2.86. The molecule has 0 spiro atoms. The highest BCUT2D eigenvalue weighted by atomic mass is 16.5. The summed E-state index contributed by atoms with van der Waals surface area (Å²) in [5, 5.41) is 19.3. The highest BCUT2D eigenvalue weighted by Gasteiger charge is 2.16. The number of hydrogen-bond donors (Lipinski definition) is 2. The first-order chi connectivity index (χ1) is 16.5. The van der Waals surface area contributed by atoms with Gasteiger partial charge in [-0.25, -0.2) is 4.98 Å². The van der Waals surface area contributed by atoms with Crippen molar-refractivity contribution in [1.82, 2.24) is 15.0 Å². The van der Waals surface area contributed by atoms with Crippen molar-refractivity contribution in [1.29, 1.82) is 0 Å². The number of nitrogens with zero attached hydrogens (tertiary/aromatic N) is 3. The zero-order valence-electron chi connectivity index (χ0n) is 19.4. The number of fused-ring (bicyclic) bond motifs is 1. The lowest BCUT2D eigenvalue weighted by molar-refractivity contribution is 0.0750. The molecule has 0 aliphatic rings. The van der Waals surface area contributed by atoms with Crippen LogP contribution in [0, 0.1) is 13.8 Å². The van der Waals surface area contributed by atoms with Crippen LogP contribution in [0.4, 0.5) is 0 Å². The molecule has 0 amide bonds. The number of ether oxygens (including phenoxy) is 3. The molecule has 4 aromatic rings. The monoisotopic (exact) mass is 461 g/mol. The highest BCUT2D eigenvalue weighted by Crippen LogP contribution is 2.39. The number of methoxy groups -OCH3 is 1. The van der Waals surface area contributed by atoms with Gasteiger partial charge in [-0.1, -0.05) is 6.07 Å². The van der Waals surface area contributed by atoms with Gasteiger partial charge in [0.15, 0.2) is 17.2 Å². The molecule has 176 valence electrons. The number of pyridine rings is 3. The van der Waals surface area contributed by atoms with Gasteiger partial charge in [-0.2, -0.15) is 0 Å². The Bertz CT molecular complexity index is 1280. The number of aliphatic hydroxyl groups excluding tert-OH is 2. The van der Waals surface area contributed by atoms with E-state index in [1.54, 1.807) is 31.6 Å². The minimum atomic E-state index is -0.829. The van der Waals surface area contributed by atoms with Crippen molar-refractivity contribution in [2.45, 2.75) is 26.4 Å². The molecule has 4 rings (SSSR count). The van der Waals surface area contributed by atoms with Crippen molar-refractivity contribution in [3.8, 4) is 34.4 Å². The smallest absolute Gasteiger partial charge is 0.163 e. The molecule has 0 bridgehead atoms. The largest absolute Gasteiger partial charge is 0.493 e. The van der Waals surface area contributed by atoms with E-state index in [1.165, 1.54) is 0 Å². The van der Waals surface area contributed by atoms with E-state index in [4.69, 9.17) is 24.3 Å². The Morgan fingerprint density at radius 1 is 0.941 bits per heavy atom. The second kappa shape index (κ2) is 10.5. The molecule has 1 unspecified atom stereocenters. The fraction of sp³-hybridized carbons (Fsp3) is 0.269. The number of aryl methyl sites for hydroxylation is 2. The average molecular weight is 462 g/mol. The number of rotatable bonds is 9. The van der Waals surface area contributed by atoms with Crippen LogP contribution in [0.3, 0.4) is 0 Å². The summed E-state index contributed by atoms with van der Waals surface area (Å²) < 4.78 is 17.7. The molecule has 8 nitrogen and oxygen atoms in total. The molecule has 0 saturated carbocycles. The van der Waals surface area contributed by atoms with Crippen LogP contribution < -0.4 is 14.2 Å². The van der Waals surface area contributed by atoms with Crippen molar-refractivity contribution >= 4 is 10.9 Å². The van der Waals surface area contributed by atoms with E-state index < -0.39 is 6.10 Å². The molecule has 0 aliphatic heterocycles. The fourth-order valence-electron chi connectivity index (χ4n) is 3.45. The summed E-state index contributed by atoms with van der Waals surface area (Å²) in [5.74, 6) is 2.18. The van der Waals surface area contributed by atoms with Gasteiger partial charge in [0.05, 0.1) is 37.6 Å². The maximum absolute atomic E-state index is 9.55. The quantitative estimate of drug-likeness (QED) is 0.381. The van der Waals surface area contributed by atoms with Crippen LogP contribution in [0.25, 0.3) is 22.3 Å². The molecule has 0 saturated heterocycles. The molecular formula is C26H27N3O5. The summed E-state index contributed by atoms with van der Waals surface area (Å²) >= 11 is 0. The minimum Gasteiger partial charge on any atom is -0.493 e. The Kier molecular flexibility index (Phi) is 7.20. The van der Waals surface area contributed by atoms with Crippen LogP contribution in [0.5, 0.6) is 23.0 Å². The Hall–Kier alpha value is -3.75. The first-order valence-electron chi connectivity index (χ1n) is 11.0. The van der Waals surface area contributed by atoms with Crippen molar-refractivity contribution in [3.05, 3.63) is 66.1 Å². The number of hydrogen-bond acceptors (Lipinski definition) is 8. The molecule has 0 aliphatic carbocycles. The van der Waals surface area contributed by atoms with Crippen molar-refractivity contribution in [2.24, 2.45) is 0 Å². The fourth-order valence-corrected chi connectivity index (χ4v) is 3.45. The van der Waals surface area contributed by atoms with Gasteiger partial charge in [0.2, 0.25) is 0 Å². The molecule has 3 heterocycles. The van der Waals surface area contributed by atoms with Crippen LogP contribution in [-0.2, 0) is 0 Å². The molecule has 34 heavy (non-hydrogen) atoms. The van der Waals surface area contributed by atoms with Gasteiger partial charge in [-0.05, 0) is 49.7 Å². The van der Waals surface area contributed by atoms with Gasteiger partial charge in [-0.15, -0.1) is 0 Å². The average Bonchev–Trinajstić information content (AvgIpc) is 2.86. The molecule has 2 N–H and O–H groups in total. The van der Waals surface area contributed by atoms with E-state index >= 15 is 0 Å². The lowest BCUT2D eigenvalue weighted by atomic mass is 10.1. The van der Waals surface area contributed by atoms with Crippen LogP contribution in [0.2, 0.25) is 0 Å². The van der Waals surface area contributed by atoms with E-state index in [0.29, 0.717) is 40.6 Å². The number of benzene rings is 1. The molecule has 1 atom stereocenters. The van der Waals surface area contributed by atoms with E-state index in [-0.39, 0.29) is 13.2 Å². The zero-order chi connectivity index (χ0) is 24.1. The van der Waals surface area contributed by atoms with Gasteiger partial charge in [-0.3, -0.25) is 9.97 Å². The first kappa shape index (κ1) is 23.4. The summed E-state index contributed by atoms with van der Waals surface area (Å²) in [6, 6.07) is 13.0. The van der Waals surface area contributed by atoms with Crippen molar-refractivity contribution in [2.75, 3.05) is 20.3 Å². The Morgan fingerprint density at radius 2 is 1.79 bits per heavy atom. The number of aliphatic hydroxyl groups is 2. The van der Waals surface area contributed by atoms with Gasteiger partial charge in [0, 0.05) is 36.0 Å². The van der Waals surface area contributed by atoms with Gasteiger partial charge < -0.3 is 24.4 Å². The second-order valence-electron chi connectivity index (χ2n) is 7.86. The third-order valence-electron chi connectivity index (χ3n) is 5.46. The Morgan fingerprint density at radius 3 is 2.53 bits per heavy atom. The molecule has 3 aromatic heterocycles. The van der Waals surface area contributed by atoms with Gasteiger partial charge in [0.1, 0.15) is 11.4 Å². The summed E-state index contributed by atoms with van der Waals surface area (Å²) in [6.45, 7) is 3.86. The topological polar surface area (TPSA) is 107 Å². The van der Waals surface area contributed by atoms with Crippen molar-refractivity contribution < 1.29 is 24.4 Å². The normalized spacial score (nSPS) is 11.9. The maximum Gasteiger partial charge on any atom is 0.163 e. The van der Waals surface area contributed by atoms with E-state index in [2.05, 4.69) is 9.97 Å². The SMILES string of the molecule is COc1cc2c(Oc3cc(C)c(C)nc3-c3ccccn3)ccnc2cc1OCCC(O)CO. The third kappa shape index (κ3) is 5.08. The van der Waals surface area contributed by atoms with E-state index in [0.717, 1.165) is 22.3 Å². The van der Waals surface area contributed by atoms with E-state index in [1.807, 2.05) is 44.2 Å². The molecule has 0 radical (unpaired) electrons. The van der Waals surface area contributed by atoms with Crippen LogP contribution in [-0.4, -0.2) is 51.6 Å². The standard InChI is InChI=1S/C26H27N3O5/c1-16-12-25(26(29-17(16)2)20-6-4-5-9-27-20)34-22-7-10-28-21-14-24(23(32-3)13-19(21)22)33-11-8-18(31)15-30/h4-7,9-10,12-14,18,30-31H,8,11,15H2,1-3H3. The summed E-state index contributed by atoms with van der Waals surface area (Å²) in [4.78, 5) is 13.6. The second-order valence-corrected chi connectivity index (χ2v) is 7.86. The Balaban J connectivity index is 1.72. The van der Waals surface area contributed by atoms with E-state index in [9.17, 15) is 5.11 Å². The lowest BCUT2D eigenvalue weighted by Gasteiger charge is -2.16. The summed E-state index contributed by atoms with van der Waals surface area (Å²) in [7, 11) is 1.56. The van der Waals surface area contributed by atoms with Crippen LogP contribution in [0.15, 0.2) is 54.9 Å². The Labute approximate surface area is 197 Å². The lowest BCUT2D eigenvalue weighted by Crippen LogP contribution is -2.16. The molecule has 8 heteroatoms. The maximum atomic E-state index is 9.55. The predicted molar refractivity (Wildman–Crippen MR) is 129 cm³/mol.